The van der Waals surface area contributed by atoms with Crippen LogP contribution in [0.1, 0.15) is 10.6 Å². The molecule has 2 amide bonds. The second kappa shape index (κ2) is 7.81. The molecule has 8 heteroatoms. The van der Waals surface area contributed by atoms with E-state index in [1.54, 1.807) is 60.7 Å². The Hall–Kier alpha value is -4.20. The monoisotopic (exact) mass is 388 g/mol. The van der Waals surface area contributed by atoms with Crippen molar-refractivity contribution in [1.82, 2.24) is 9.78 Å². The van der Waals surface area contributed by atoms with Crippen LogP contribution in [0.25, 0.3) is 10.9 Å². The number of hydrogen-bond donors (Lipinski definition) is 2. The van der Waals surface area contributed by atoms with Gasteiger partial charge < -0.3 is 15.1 Å². The Bertz CT molecular complexity index is 1230. The maximum Gasteiger partial charge on any atom is 0.291 e. The Morgan fingerprint density at radius 2 is 1.66 bits per heavy atom. The van der Waals surface area contributed by atoms with Crippen LogP contribution in [-0.2, 0) is 11.3 Å². The molecule has 4 rings (SSSR count). The average Bonchev–Trinajstić information content (AvgIpc) is 3.27. The highest BCUT2D eigenvalue weighted by Gasteiger charge is 2.10. The molecule has 0 atom stereocenters. The first-order valence-corrected chi connectivity index (χ1v) is 8.80. The third-order valence-corrected chi connectivity index (χ3v) is 4.23. The number of benzene rings is 2. The van der Waals surface area contributed by atoms with E-state index in [0.717, 1.165) is 0 Å². The molecule has 8 nitrogen and oxygen atoms in total. The van der Waals surface area contributed by atoms with Crippen LogP contribution < -0.4 is 16.1 Å². The molecule has 29 heavy (non-hydrogen) atoms. The van der Waals surface area contributed by atoms with Gasteiger partial charge in [0.15, 0.2) is 5.76 Å². The van der Waals surface area contributed by atoms with Crippen molar-refractivity contribution in [2.75, 3.05) is 10.6 Å². The van der Waals surface area contributed by atoms with Gasteiger partial charge in [-0.25, -0.2) is 0 Å². The van der Waals surface area contributed by atoms with Gasteiger partial charge in [0.1, 0.15) is 6.54 Å². The summed E-state index contributed by atoms with van der Waals surface area (Å²) in [5.74, 6) is -0.440. The average molecular weight is 388 g/mol. The summed E-state index contributed by atoms with van der Waals surface area (Å²) in [5, 5.41) is 10.0. The highest BCUT2D eigenvalue weighted by atomic mass is 16.3. The number of nitrogens with one attached hydrogen (secondary N) is 2. The molecule has 4 aromatic rings. The van der Waals surface area contributed by atoms with Crippen LogP contribution >= 0.6 is 0 Å². The van der Waals surface area contributed by atoms with E-state index in [1.165, 1.54) is 17.1 Å². The molecule has 0 aliphatic heterocycles. The first kappa shape index (κ1) is 18.2. The molecule has 0 saturated carbocycles. The van der Waals surface area contributed by atoms with Crippen molar-refractivity contribution in [1.29, 1.82) is 0 Å². The standard InChI is InChI=1S/C21H16N4O4/c26-18-12-22-25(17-5-2-1-4-16(17)18)13-20(27)23-14-7-9-15(10-8-14)24-21(28)19-6-3-11-29-19/h1-12H,13H2,(H,23,27)(H,24,28). The van der Waals surface area contributed by atoms with Gasteiger partial charge in [0.05, 0.1) is 18.0 Å². The molecule has 0 aliphatic carbocycles. The predicted octanol–water partition coefficient (Wildman–Crippen LogP) is 2.88. The van der Waals surface area contributed by atoms with Gasteiger partial charge in [0, 0.05) is 16.8 Å². The van der Waals surface area contributed by atoms with Crippen molar-refractivity contribution in [3.63, 3.8) is 0 Å². The van der Waals surface area contributed by atoms with E-state index in [-0.39, 0.29) is 29.5 Å². The lowest BCUT2D eigenvalue weighted by molar-refractivity contribution is -0.116. The molecule has 0 spiro atoms. The van der Waals surface area contributed by atoms with E-state index in [0.29, 0.717) is 22.3 Å². The molecule has 2 aromatic carbocycles. The number of anilines is 2. The molecule has 0 unspecified atom stereocenters. The molecule has 144 valence electrons. The maximum absolute atomic E-state index is 12.4. The number of nitrogens with zero attached hydrogens (tertiary/aromatic N) is 2. The van der Waals surface area contributed by atoms with E-state index in [4.69, 9.17) is 4.42 Å². The van der Waals surface area contributed by atoms with Crippen molar-refractivity contribution in [3.05, 3.63) is 89.1 Å². The summed E-state index contributed by atoms with van der Waals surface area (Å²) in [5.41, 5.74) is 1.53. The zero-order valence-electron chi connectivity index (χ0n) is 15.2. The van der Waals surface area contributed by atoms with Crippen molar-refractivity contribution >= 4 is 34.1 Å². The third kappa shape index (κ3) is 4.06. The molecule has 0 aliphatic rings. The Morgan fingerprint density at radius 1 is 0.931 bits per heavy atom. The molecule has 2 heterocycles. The van der Waals surface area contributed by atoms with E-state index >= 15 is 0 Å². The number of amides is 2. The first-order chi connectivity index (χ1) is 14.1. The SMILES string of the molecule is O=C(Cn1ncc(=O)c2ccccc21)Nc1ccc(NC(=O)c2ccco2)cc1. The molecule has 0 saturated heterocycles. The fourth-order valence-corrected chi connectivity index (χ4v) is 2.86. The number of rotatable bonds is 5. The summed E-state index contributed by atoms with van der Waals surface area (Å²) < 4.78 is 6.52. The lowest BCUT2D eigenvalue weighted by Crippen LogP contribution is -2.22. The van der Waals surface area contributed by atoms with Gasteiger partial charge in [0.2, 0.25) is 11.3 Å². The topological polar surface area (TPSA) is 106 Å². The Kier molecular flexibility index (Phi) is 4.90. The maximum atomic E-state index is 12.4. The number of fused-ring (bicyclic) bond motifs is 1. The number of hydrogen-bond acceptors (Lipinski definition) is 5. The molecular formula is C21H16N4O4. The first-order valence-electron chi connectivity index (χ1n) is 8.80. The summed E-state index contributed by atoms with van der Waals surface area (Å²) in [4.78, 5) is 36.2. The number of para-hydroxylation sites is 1. The minimum Gasteiger partial charge on any atom is -0.459 e. The molecule has 0 fully saturated rings. The van der Waals surface area contributed by atoms with Crippen LogP contribution in [0.4, 0.5) is 11.4 Å². The van der Waals surface area contributed by atoms with Crippen molar-refractivity contribution < 1.29 is 14.0 Å². The largest absolute Gasteiger partial charge is 0.459 e. The molecule has 0 radical (unpaired) electrons. The zero-order chi connectivity index (χ0) is 20.2. The van der Waals surface area contributed by atoms with Gasteiger partial charge in [0.25, 0.3) is 5.91 Å². The van der Waals surface area contributed by atoms with Crippen LogP contribution in [0, 0.1) is 0 Å². The van der Waals surface area contributed by atoms with Gasteiger partial charge >= 0.3 is 0 Å². The third-order valence-electron chi connectivity index (χ3n) is 4.23. The Balaban J connectivity index is 1.42. The Morgan fingerprint density at radius 3 is 2.38 bits per heavy atom. The fraction of sp³-hybridized carbons (Fsp3) is 0.0476. The van der Waals surface area contributed by atoms with E-state index in [2.05, 4.69) is 15.7 Å². The van der Waals surface area contributed by atoms with Crippen molar-refractivity contribution in [2.45, 2.75) is 6.54 Å². The fourth-order valence-electron chi connectivity index (χ4n) is 2.86. The van der Waals surface area contributed by atoms with Crippen LogP contribution in [0.15, 0.2) is 82.3 Å². The van der Waals surface area contributed by atoms with Crippen molar-refractivity contribution in [2.24, 2.45) is 0 Å². The lowest BCUT2D eigenvalue weighted by Gasteiger charge is -2.10. The normalized spacial score (nSPS) is 10.6. The second-order valence-corrected chi connectivity index (χ2v) is 6.24. The van der Waals surface area contributed by atoms with Gasteiger partial charge in [-0.3, -0.25) is 19.1 Å². The zero-order valence-corrected chi connectivity index (χ0v) is 15.2. The van der Waals surface area contributed by atoms with Crippen molar-refractivity contribution in [3.8, 4) is 0 Å². The number of carbonyl (C=O) groups excluding carboxylic acids is 2. The van der Waals surface area contributed by atoms with Gasteiger partial charge in [-0.05, 0) is 48.5 Å². The van der Waals surface area contributed by atoms with Crippen LogP contribution in [0.5, 0.6) is 0 Å². The summed E-state index contributed by atoms with van der Waals surface area (Å²) in [6, 6.07) is 16.9. The number of aromatic nitrogens is 2. The van der Waals surface area contributed by atoms with Crippen LogP contribution in [0.3, 0.4) is 0 Å². The van der Waals surface area contributed by atoms with E-state index in [1.807, 2.05) is 0 Å². The second-order valence-electron chi connectivity index (χ2n) is 6.24. The quantitative estimate of drug-likeness (QED) is 0.547. The molecular weight excluding hydrogens is 372 g/mol. The van der Waals surface area contributed by atoms with Crippen LogP contribution in [-0.4, -0.2) is 21.6 Å². The molecule has 2 N–H and O–H groups in total. The summed E-state index contributed by atoms with van der Waals surface area (Å²) in [7, 11) is 0. The van der Waals surface area contributed by atoms with Gasteiger partial charge in [-0.2, -0.15) is 5.10 Å². The summed E-state index contributed by atoms with van der Waals surface area (Å²) in [6.45, 7) is -0.0439. The smallest absolute Gasteiger partial charge is 0.291 e. The highest BCUT2D eigenvalue weighted by Crippen LogP contribution is 2.15. The minimum absolute atomic E-state index is 0.0439. The molecule has 0 bridgehead atoms. The van der Waals surface area contributed by atoms with E-state index in [9.17, 15) is 14.4 Å². The highest BCUT2D eigenvalue weighted by molar-refractivity contribution is 6.02. The summed E-state index contributed by atoms with van der Waals surface area (Å²) >= 11 is 0. The predicted molar refractivity (Wildman–Crippen MR) is 108 cm³/mol. The number of furan rings is 1. The minimum atomic E-state index is -0.358. The number of carbonyl (C=O) groups is 2. The molecule has 2 aromatic heterocycles. The van der Waals surface area contributed by atoms with Gasteiger partial charge in [-0.15, -0.1) is 0 Å². The van der Waals surface area contributed by atoms with E-state index < -0.39 is 0 Å². The van der Waals surface area contributed by atoms with Gasteiger partial charge in [-0.1, -0.05) is 12.1 Å². The summed E-state index contributed by atoms with van der Waals surface area (Å²) in [6.07, 6.45) is 2.63. The van der Waals surface area contributed by atoms with Crippen LogP contribution in [0.2, 0.25) is 0 Å². The lowest BCUT2D eigenvalue weighted by atomic mass is 10.2. The Labute approximate surface area is 164 Å².